The summed E-state index contributed by atoms with van der Waals surface area (Å²) < 4.78 is 9.03. The summed E-state index contributed by atoms with van der Waals surface area (Å²) in [4.78, 5) is 14.3. The van der Waals surface area contributed by atoms with E-state index in [0.717, 1.165) is 61.9 Å². The quantitative estimate of drug-likeness (QED) is 0.168. The van der Waals surface area contributed by atoms with Gasteiger partial charge in [-0.05, 0) is 88.3 Å². The predicted molar refractivity (Wildman–Crippen MR) is 247 cm³/mol. The Morgan fingerprint density at radius 2 is 1.37 bits per heavy atom. The molecule has 2 aliphatic rings. The molecule has 292 valence electrons. The number of rotatable bonds is 6. The maximum atomic E-state index is 6.77. The number of fused-ring (bicyclic) bond motifs is 7. The van der Waals surface area contributed by atoms with Gasteiger partial charge in [0.25, 0.3) is 0 Å². The molecule has 11 rings (SSSR count). The van der Waals surface area contributed by atoms with Crippen LogP contribution in [0.25, 0.3) is 49.9 Å². The summed E-state index contributed by atoms with van der Waals surface area (Å²) >= 11 is 0. The topological polar surface area (TPSA) is 46.4 Å². The van der Waals surface area contributed by atoms with Crippen molar-refractivity contribution in [3.63, 3.8) is 0 Å². The zero-order valence-corrected chi connectivity index (χ0v) is 34.5. The van der Waals surface area contributed by atoms with Crippen molar-refractivity contribution < 1.29 is 4.74 Å². The predicted octanol–water partition coefficient (Wildman–Crippen LogP) is 13.9. The number of anilines is 4. The Balaban J connectivity index is 0.994. The van der Waals surface area contributed by atoms with E-state index in [-0.39, 0.29) is 10.8 Å². The van der Waals surface area contributed by atoms with Crippen molar-refractivity contribution in [2.75, 3.05) is 16.5 Å². The lowest BCUT2D eigenvalue weighted by Gasteiger charge is -2.28. The average Bonchev–Trinajstić information content (AvgIpc) is 3.89. The van der Waals surface area contributed by atoms with Crippen molar-refractivity contribution in [2.45, 2.75) is 45.4 Å². The lowest BCUT2D eigenvalue weighted by atomic mass is 9.82. The highest BCUT2D eigenvalue weighted by Gasteiger charge is 2.40. The van der Waals surface area contributed by atoms with Gasteiger partial charge in [-0.2, -0.15) is 0 Å². The van der Waals surface area contributed by atoms with E-state index in [1.807, 2.05) is 30.7 Å². The fourth-order valence-electron chi connectivity index (χ4n) is 9.56. The van der Waals surface area contributed by atoms with Gasteiger partial charge in [0.1, 0.15) is 24.0 Å². The second kappa shape index (κ2) is 13.4. The molecule has 0 bridgehead atoms. The number of benzene rings is 6. The van der Waals surface area contributed by atoms with E-state index < -0.39 is 0 Å². The van der Waals surface area contributed by atoms with Gasteiger partial charge in [-0.25, -0.2) is 4.98 Å². The Morgan fingerprint density at radius 3 is 2.20 bits per heavy atom. The molecule has 0 atom stereocenters. The number of nitrogens with zero attached hydrogens (tertiary/aromatic N) is 5. The molecular formula is C54H45N5O. The molecule has 0 radical (unpaired) electrons. The van der Waals surface area contributed by atoms with Gasteiger partial charge in [-0.3, -0.25) is 9.55 Å². The minimum absolute atomic E-state index is 0.00620. The minimum Gasteiger partial charge on any atom is -0.457 e. The third-order valence-electron chi connectivity index (χ3n) is 12.6. The summed E-state index contributed by atoms with van der Waals surface area (Å²) in [5, 5.41) is 2.34. The number of hydrogen-bond acceptors (Lipinski definition) is 5. The first-order valence-corrected chi connectivity index (χ1v) is 20.7. The van der Waals surface area contributed by atoms with Crippen LogP contribution in [0.4, 0.5) is 22.7 Å². The van der Waals surface area contributed by atoms with Crippen molar-refractivity contribution in [3.05, 3.63) is 187 Å². The summed E-state index contributed by atoms with van der Waals surface area (Å²) in [6.45, 7) is 12.0. The molecule has 0 N–H and O–H groups in total. The molecule has 0 fully saturated rings. The molecule has 0 spiro atoms. The molecule has 60 heavy (non-hydrogen) atoms. The molecule has 6 nitrogen and oxygen atoms in total. The summed E-state index contributed by atoms with van der Waals surface area (Å²) in [5.74, 6) is 2.43. The molecule has 1 aliphatic carbocycles. The van der Waals surface area contributed by atoms with Gasteiger partial charge in [0.15, 0.2) is 0 Å². The number of para-hydroxylation sites is 3. The van der Waals surface area contributed by atoms with Crippen LogP contribution in [0.2, 0.25) is 0 Å². The van der Waals surface area contributed by atoms with Crippen molar-refractivity contribution in [1.29, 1.82) is 0 Å². The maximum Gasteiger partial charge on any atom is 0.137 e. The molecule has 6 heteroatoms. The van der Waals surface area contributed by atoms with Crippen LogP contribution in [0.15, 0.2) is 170 Å². The number of aromatic nitrogens is 3. The molecule has 0 unspecified atom stereocenters. The molecule has 9 aromatic rings. The fourth-order valence-corrected chi connectivity index (χ4v) is 9.56. The standard InChI is InChI=1S/C54H45N5O/c1-53(2,3)36-27-29-56-50(30-36)59-46-20-9-7-17-41(46)42-24-23-39(32-49(42)59)60-38-16-12-15-37(31-38)57-34-58(48-22-11-10-21-47(48)57)52-40(35-14-13-28-55-33-35)25-26-45-51(52)43-18-6-8-19-44(43)54(45,4)5/h6-33H,34H2,1-5H3. The van der Waals surface area contributed by atoms with E-state index in [1.54, 1.807) is 0 Å². The SMILES string of the molecule is CC(C)(C)c1ccnc(-n2c3ccccc3c3ccc(Oc4cccc(N5CN(c6c(-c7cccnc7)ccc7c6-c6ccccc6C7(C)C)c6ccccc65)c4)cc32)c1. The zero-order chi connectivity index (χ0) is 40.8. The van der Waals surface area contributed by atoms with E-state index >= 15 is 0 Å². The first-order valence-electron chi connectivity index (χ1n) is 20.7. The van der Waals surface area contributed by atoms with Crippen LogP contribution < -0.4 is 14.5 Å². The highest BCUT2D eigenvalue weighted by atomic mass is 16.5. The van der Waals surface area contributed by atoms with Crippen LogP contribution in [0.1, 0.15) is 51.3 Å². The highest BCUT2D eigenvalue weighted by Crippen LogP contribution is 2.57. The number of pyridine rings is 2. The Morgan fingerprint density at radius 1 is 0.600 bits per heavy atom. The van der Waals surface area contributed by atoms with Gasteiger partial charge in [0.05, 0.1) is 28.1 Å². The van der Waals surface area contributed by atoms with Crippen molar-refractivity contribution >= 4 is 44.6 Å². The van der Waals surface area contributed by atoms with E-state index in [1.165, 1.54) is 38.9 Å². The number of ether oxygens (including phenoxy) is 1. The summed E-state index contributed by atoms with van der Waals surface area (Å²) in [6, 6.07) is 54.2. The van der Waals surface area contributed by atoms with Crippen LogP contribution in [-0.2, 0) is 10.8 Å². The molecule has 6 aromatic carbocycles. The van der Waals surface area contributed by atoms with E-state index in [4.69, 9.17) is 9.72 Å². The molecule has 1 aliphatic heterocycles. The van der Waals surface area contributed by atoms with Crippen LogP contribution in [-0.4, -0.2) is 21.2 Å². The summed E-state index contributed by atoms with van der Waals surface area (Å²) in [5.41, 5.74) is 15.4. The Bertz CT molecular complexity index is 3140. The molecular weight excluding hydrogens is 735 g/mol. The van der Waals surface area contributed by atoms with Crippen LogP contribution in [0.5, 0.6) is 11.5 Å². The normalized spacial score (nSPS) is 14.1. The average molecular weight is 780 g/mol. The van der Waals surface area contributed by atoms with Gasteiger partial charge in [-0.15, -0.1) is 0 Å². The Labute approximate surface area is 351 Å². The van der Waals surface area contributed by atoms with Crippen molar-refractivity contribution in [2.24, 2.45) is 0 Å². The summed E-state index contributed by atoms with van der Waals surface area (Å²) in [7, 11) is 0. The van der Waals surface area contributed by atoms with Crippen molar-refractivity contribution in [3.8, 4) is 39.6 Å². The molecule has 3 aromatic heterocycles. The molecule has 0 saturated heterocycles. The Hall–Kier alpha value is -7.18. The minimum atomic E-state index is -0.136. The number of hydrogen-bond donors (Lipinski definition) is 0. The van der Waals surface area contributed by atoms with Gasteiger partial charge < -0.3 is 14.5 Å². The highest BCUT2D eigenvalue weighted by molar-refractivity contribution is 6.09. The van der Waals surface area contributed by atoms with Gasteiger partial charge in [-0.1, -0.05) is 113 Å². The third-order valence-corrected chi connectivity index (χ3v) is 12.6. The largest absolute Gasteiger partial charge is 0.457 e. The van der Waals surface area contributed by atoms with Crippen LogP contribution >= 0.6 is 0 Å². The van der Waals surface area contributed by atoms with E-state index in [2.05, 4.69) is 193 Å². The molecule has 0 amide bonds. The lowest BCUT2D eigenvalue weighted by molar-refractivity contribution is 0.483. The first-order chi connectivity index (χ1) is 29.1. The smallest absolute Gasteiger partial charge is 0.137 e. The van der Waals surface area contributed by atoms with E-state index in [9.17, 15) is 0 Å². The van der Waals surface area contributed by atoms with Gasteiger partial charge >= 0.3 is 0 Å². The van der Waals surface area contributed by atoms with Crippen molar-refractivity contribution in [1.82, 2.24) is 14.5 Å². The van der Waals surface area contributed by atoms with Crippen LogP contribution in [0, 0.1) is 0 Å². The molecule has 4 heterocycles. The fraction of sp³-hybridized carbons (Fsp3) is 0.148. The first kappa shape index (κ1) is 35.9. The second-order valence-electron chi connectivity index (χ2n) is 17.6. The molecule has 0 saturated carbocycles. The summed E-state index contributed by atoms with van der Waals surface area (Å²) in [6.07, 6.45) is 5.75. The monoisotopic (exact) mass is 779 g/mol. The third kappa shape index (κ3) is 5.62. The maximum absolute atomic E-state index is 6.77. The van der Waals surface area contributed by atoms with Gasteiger partial charge in [0, 0.05) is 69.3 Å². The zero-order valence-electron chi connectivity index (χ0n) is 34.5. The second-order valence-corrected chi connectivity index (χ2v) is 17.6. The van der Waals surface area contributed by atoms with Crippen LogP contribution in [0.3, 0.4) is 0 Å². The van der Waals surface area contributed by atoms with Gasteiger partial charge in [0.2, 0.25) is 0 Å². The lowest BCUT2D eigenvalue weighted by Crippen LogP contribution is -2.25. The van der Waals surface area contributed by atoms with E-state index in [0.29, 0.717) is 6.67 Å². The Kier molecular flexibility index (Phi) is 8.05.